The molecule has 0 spiro atoms. The van der Waals surface area contributed by atoms with Gasteiger partial charge in [0.1, 0.15) is 6.10 Å². The highest BCUT2D eigenvalue weighted by Gasteiger charge is 2.47. The molecule has 4 heteroatoms. The minimum atomic E-state index is -1.16. The van der Waals surface area contributed by atoms with Crippen molar-refractivity contribution in [3.05, 3.63) is 0 Å². The van der Waals surface area contributed by atoms with Crippen LogP contribution in [0.1, 0.15) is 133 Å². The van der Waals surface area contributed by atoms with Crippen LogP contribution in [0.5, 0.6) is 0 Å². The number of rotatable bonds is 20. The summed E-state index contributed by atoms with van der Waals surface area (Å²) >= 11 is 0. The van der Waals surface area contributed by atoms with E-state index in [0.29, 0.717) is 0 Å². The van der Waals surface area contributed by atoms with Gasteiger partial charge in [0, 0.05) is 0 Å². The molecule has 0 N–H and O–H groups in total. The summed E-state index contributed by atoms with van der Waals surface area (Å²) in [4.78, 5) is 0. The van der Waals surface area contributed by atoms with E-state index in [0.717, 1.165) is 38.5 Å². The van der Waals surface area contributed by atoms with Crippen molar-refractivity contribution >= 4 is 0 Å². The number of unbranched alkanes of at least 4 members (excludes halogenated alkanes) is 5. The van der Waals surface area contributed by atoms with Crippen LogP contribution in [0.2, 0.25) is 0 Å². The fourth-order valence-corrected chi connectivity index (χ4v) is 3.22. The lowest BCUT2D eigenvalue weighted by Crippen LogP contribution is -2.56. The second-order valence-electron chi connectivity index (χ2n) is 9.01. The Hall–Kier alpha value is -0.160. The Morgan fingerprint density at radius 1 is 0.533 bits per heavy atom. The molecule has 5 unspecified atom stereocenters. The summed E-state index contributed by atoms with van der Waals surface area (Å²) in [5, 5.41) is 0. The summed E-state index contributed by atoms with van der Waals surface area (Å²) in [5.74, 6) is -1.16. The molecule has 0 amide bonds. The van der Waals surface area contributed by atoms with Gasteiger partial charge in [-0.25, -0.2) is 0 Å². The lowest BCUT2D eigenvalue weighted by Gasteiger charge is -2.44. The lowest BCUT2D eigenvalue weighted by molar-refractivity contribution is -0.449. The molecule has 0 aromatic heterocycles. The van der Waals surface area contributed by atoms with Gasteiger partial charge in [-0.2, -0.15) is 0 Å². The van der Waals surface area contributed by atoms with E-state index in [1.807, 2.05) is 0 Å². The monoisotopic (exact) mass is 430 g/mol. The maximum atomic E-state index is 6.57. The molecule has 4 nitrogen and oxygen atoms in total. The standard InChI is InChI=1S/C26H54O4/c1-10-15-16-17-18-19-20-25(27-21(6)11-2)26(28-22(7)12-3,29-23(8)13-4)30-24(9)14-5/h21-25H,10-20H2,1-9H3. The van der Waals surface area contributed by atoms with Gasteiger partial charge < -0.3 is 18.9 Å². The van der Waals surface area contributed by atoms with Crippen LogP contribution >= 0.6 is 0 Å². The predicted octanol–water partition coefficient (Wildman–Crippen LogP) is 8.02. The minimum absolute atomic E-state index is 0.0331. The van der Waals surface area contributed by atoms with Gasteiger partial charge in [-0.3, -0.25) is 0 Å². The fraction of sp³-hybridized carbons (Fsp3) is 1.00. The minimum Gasteiger partial charge on any atom is -0.367 e. The Morgan fingerprint density at radius 3 is 1.33 bits per heavy atom. The Bertz CT molecular complexity index is 356. The van der Waals surface area contributed by atoms with Gasteiger partial charge >= 0.3 is 5.97 Å². The first kappa shape index (κ1) is 29.8. The number of hydrogen-bond donors (Lipinski definition) is 0. The molecule has 0 aromatic rings. The maximum Gasteiger partial charge on any atom is 0.311 e. The summed E-state index contributed by atoms with van der Waals surface area (Å²) < 4.78 is 26.3. The number of hydrogen-bond acceptors (Lipinski definition) is 4. The molecule has 0 rings (SSSR count). The van der Waals surface area contributed by atoms with Gasteiger partial charge in [0.25, 0.3) is 0 Å². The third kappa shape index (κ3) is 12.0. The average molecular weight is 431 g/mol. The van der Waals surface area contributed by atoms with E-state index in [1.165, 1.54) is 32.1 Å². The Morgan fingerprint density at radius 2 is 0.933 bits per heavy atom. The molecule has 0 bridgehead atoms. The third-order valence-corrected chi connectivity index (χ3v) is 6.01. The molecule has 0 radical (unpaired) electrons. The molecule has 182 valence electrons. The Balaban J connectivity index is 5.71. The van der Waals surface area contributed by atoms with Crippen LogP contribution in [-0.2, 0) is 18.9 Å². The van der Waals surface area contributed by atoms with Crippen molar-refractivity contribution in [3.63, 3.8) is 0 Å². The summed E-state index contributed by atoms with van der Waals surface area (Å²) in [5.41, 5.74) is 0. The first-order valence-electron chi connectivity index (χ1n) is 13.0. The Kier molecular flexibility index (Phi) is 17.3. The van der Waals surface area contributed by atoms with E-state index in [2.05, 4.69) is 62.3 Å². The molecule has 0 heterocycles. The predicted molar refractivity (Wildman–Crippen MR) is 128 cm³/mol. The van der Waals surface area contributed by atoms with Crippen LogP contribution in [0.4, 0.5) is 0 Å². The van der Waals surface area contributed by atoms with Crippen molar-refractivity contribution in [2.45, 2.75) is 169 Å². The van der Waals surface area contributed by atoms with Crippen molar-refractivity contribution in [1.82, 2.24) is 0 Å². The van der Waals surface area contributed by atoms with Crippen molar-refractivity contribution in [3.8, 4) is 0 Å². The van der Waals surface area contributed by atoms with Crippen LogP contribution in [0, 0.1) is 0 Å². The molecule has 30 heavy (non-hydrogen) atoms. The van der Waals surface area contributed by atoms with Crippen LogP contribution in [-0.4, -0.2) is 36.5 Å². The first-order valence-corrected chi connectivity index (χ1v) is 13.0. The zero-order valence-electron chi connectivity index (χ0n) is 21.8. The SMILES string of the molecule is CCCCCCCCC(OC(C)CC)C(OC(C)CC)(OC(C)CC)OC(C)CC. The second-order valence-corrected chi connectivity index (χ2v) is 9.01. The van der Waals surface area contributed by atoms with Gasteiger partial charge in [0.15, 0.2) is 0 Å². The molecule has 0 aliphatic carbocycles. The smallest absolute Gasteiger partial charge is 0.311 e. The second kappa shape index (κ2) is 17.4. The van der Waals surface area contributed by atoms with Gasteiger partial charge in [0.2, 0.25) is 0 Å². The van der Waals surface area contributed by atoms with Crippen LogP contribution in [0.25, 0.3) is 0 Å². The highest BCUT2D eigenvalue weighted by molar-refractivity contribution is 4.78. The molecule has 0 saturated heterocycles. The number of ether oxygens (including phenoxy) is 4. The summed E-state index contributed by atoms with van der Waals surface area (Å²) in [6, 6.07) is 0. The summed E-state index contributed by atoms with van der Waals surface area (Å²) in [7, 11) is 0. The molecule has 5 atom stereocenters. The first-order chi connectivity index (χ1) is 14.3. The van der Waals surface area contributed by atoms with Gasteiger partial charge in [-0.1, -0.05) is 73.1 Å². The van der Waals surface area contributed by atoms with E-state index in [-0.39, 0.29) is 30.5 Å². The van der Waals surface area contributed by atoms with E-state index < -0.39 is 5.97 Å². The zero-order chi connectivity index (χ0) is 23.0. The van der Waals surface area contributed by atoms with Crippen LogP contribution in [0.3, 0.4) is 0 Å². The highest BCUT2D eigenvalue weighted by Crippen LogP contribution is 2.34. The van der Waals surface area contributed by atoms with Gasteiger partial charge in [-0.15, -0.1) is 0 Å². The molecule has 0 aliphatic heterocycles. The fourth-order valence-electron chi connectivity index (χ4n) is 3.22. The highest BCUT2D eigenvalue weighted by atomic mass is 16.9. The molecule has 0 aromatic carbocycles. The third-order valence-electron chi connectivity index (χ3n) is 6.01. The van der Waals surface area contributed by atoms with Crippen molar-refractivity contribution in [2.75, 3.05) is 0 Å². The van der Waals surface area contributed by atoms with Crippen LogP contribution < -0.4 is 0 Å². The molecular weight excluding hydrogens is 376 g/mol. The molecule has 0 saturated carbocycles. The topological polar surface area (TPSA) is 36.9 Å². The van der Waals surface area contributed by atoms with Crippen LogP contribution in [0.15, 0.2) is 0 Å². The normalized spacial score (nSPS) is 19.1. The van der Waals surface area contributed by atoms with Gasteiger partial charge in [-0.05, 0) is 59.8 Å². The van der Waals surface area contributed by atoms with Crippen molar-refractivity contribution in [2.24, 2.45) is 0 Å². The van der Waals surface area contributed by atoms with E-state index >= 15 is 0 Å². The molecular formula is C26H54O4. The van der Waals surface area contributed by atoms with Crippen molar-refractivity contribution in [1.29, 1.82) is 0 Å². The maximum absolute atomic E-state index is 6.57. The Labute approximate surface area is 188 Å². The average Bonchev–Trinajstić information content (AvgIpc) is 2.74. The van der Waals surface area contributed by atoms with Crippen molar-refractivity contribution < 1.29 is 18.9 Å². The lowest BCUT2D eigenvalue weighted by atomic mass is 10.0. The zero-order valence-corrected chi connectivity index (χ0v) is 21.8. The summed E-state index contributed by atoms with van der Waals surface area (Å²) in [6.45, 7) is 19.3. The van der Waals surface area contributed by atoms with E-state index in [9.17, 15) is 0 Å². The quantitative estimate of drug-likeness (QED) is 0.145. The summed E-state index contributed by atoms with van der Waals surface area (Å²) in [6.07, 6.45) is 12.1. The molecule has 0 aliphatic rings. The van der Waals surface area contributed by atoms with E-state index in [1.54, 1.807) is 0 Å². The molecule has 0 fully saturated rings. The van der Waals surface area contributed by atoms with Gasteiger partial charge in [0.05, 0.1) is 24.4 Å². The largest absolute Gasteiger partial charge is 0.367 e. The van der Waals surface area contributed by atoms with E-state index in [4.69, 9.17) is 18.9 Å².